The molecule has 0 bridgehead atoms. The van der Waals surface area contributed by atoms with Crippen molar-refractivity contribution >= 4 is 25.3 Å². The summed E-state index contributed by atoms with van der Waals surface area (Å²) in [6.45, 7) is 8.11. The van der Waals surface area contributed by atoms with Gasteiger partial charge in [-0.25, -0.2) is 0 Å². The normalized spacial score (nSPS) is 10.1. The van der Waals surface area contributed by atoms with Gasteiger partial charge in [0.2, 0.25) is 11.8 Å². The summed E-state index contributed by atoms with van der Waals surface area (Å²) in [7, 11) is 0. The number of hydrogen-bond donors (Lipinski definition) is 0. The van der Waals surface area contributed by atoms with Gasteiger partial charge in [-0.05, 0) is 51.0 Å². The van der Waals surface area contributed by atoms with Crippen molar-refractivity contribution in [3.05, 3.63) is 58.7 Å². The second-order valence-corrected chi connectivity index (χ2v) is 7.08. The molecule has 0 aliphatic rings. The molecule has 6 nitrogen and oxygen atoms in total. The molecule has 4 rings (SSSR count). The van der Waals surface area contributed by atoms with E-state index in [1.165, 1.54) is 11.1 Å². The van der Waals surface area contributed by atoms with E-state index in [9.17, 15) is 0 Å². The van der Waals surface area contributed by atoms with Crippen LogP contribution in [0.5, 0.6) is 0 Å². The van der Waals surface area contributed by atoms with Gasteiger partial charge in [0, 0.05) is 11.1 Å². The first-order chi connectivity index (χ1) is 13.3. The molecule has 0 spiro atoms. The minimum Gasteiger partial charge on any atom is -0.719 e. The molecule has 151 valence electrons. The van der Waals surface area contributed by atoms with Crippen molar-refractivity contribution < 1.29 is 25.6 Å². The summed E-state index contributed by atoms with van der Waals surface area (Å²) in [5.74, 6) is 0.986. The molecule has 0 saturated heterocycles. The Morgan fingerprint density at radius 2 is 1.00 bits per heavy atom. The Bertz CT molecular complexity index is 1020. The van der Waals surface area contributed by atoms with E-state index in [1.54, 1.807) is 0 Å². The van der Waals surface area contributed by atoms with Crippen molar-refractivity contribution in [3.8, 4) is 22.9 Å². The maximum absolute atomic E-state index is 5.18. The van der Waals surface area contributed by atoms with E-state index in [4.69, 9.17) is 34.1 Å². The molecule has 2 aromatic heterocycles. The van der Waals surface area contributed by atoms with Crippen molar-refractivity contribution in [1.82, 2.24) is 20.4 Å². The van der Waals surface area contributed by atoms with E-state index in [0.29, 0.717) is 11.8 Å². The smallest absolute Gasteiger partial charge is 0.719 e. The monoisotopic (exact) mass is 469 g/mol. The minimum absolute atomic E-state index is 0. The van der Waals surface area contributed by atoms with Gasteiger partial charge in [0.1, 0.15) is 0 Å². The van der Waals surface area contributed by atoms with Gasteiger partial charge in [-0.2, -0.15) is 0 Å². The van der Waals surface area contributed by atoms with Gasteiger partial charge >= 0.3 is 16.8 Å². The molecule has 0 unspecified atom stereocenters. The SMILES string of the molecule is Cc1ccc(-c2nnc([S-])o2)c(C)c1.Cc1ccc(-c2nnc([S-])o2)c(C)c1.[Co+2]. The standard InChI is InChI=1S/2C10H10N2OS.Co/c2*1-6-3-4-8(7(2)5-6)9-11-12-10(14)13-9;/h2*3-5H,1-2H3,(H,12,14);/q;;+2/p-2. The first kappa shape index (κ1) is 23.0. The Labute approximate surface area is 190 Å². The average Bonchev–Trinajstić information content (AvgIpc) is 3.24. The van der Waals surface area contributed by atoms with E-state index in [2.05, 4.69) is 32.5 Å². The topological polar surface area (TPSA) is 77.8 Å². The Balaban J connectivity index is 0.000000200. The number of nitrogens with zero attached hydrogens (tertiary/aromatic N) is 4. The first-order valence-electron chi connectivity index (χ1n) is 8.50. The molecule has 2 heterocycles. The van der Waals surface area contributed by atoms with Crippen LogP contribution < -0.4 is 0 Å². The molecule has 0 fully saturated rings. The Hall–Kier alpha value is -2.33. The Morgan fingerprint density at radius 1 is 0.621 bits per heavy atom. The van der Waals surface area contributed by atoms with Gasteiger partial charge in [0.25, 0.3) is 0 Å². The molecule has 0 aliphatic carbocycles. The van der Waals surface area contributed by atoms with Crippen LogP contribution in [0.1, 0.15) is 22.3 Å². The summed E-state index contributed by atoms with van der Waals surface area (Å²) < 4.78 is 10.4. The second-order valence-electron chi connectivity index (χ2n) is 6.38. The number of rotatable bonds is 2. The van der Waals surface area contributed by atoms with Crippen molar-refractivity contribution in [2.24, 2.45) is 0 Å². The first-order valence-corrected chi connectivity index (χ1v) is 9.31. The number of aromatic nitrogens is 4. The third kappa shape index (κ3) is 5.83. The van der Waals surface area contributed by atoms with Gasteiger partial charge in [-0.1, -0.05) is 35.4 Å². The van der Waals surface area contributed by atoms with Crippen LogP contribution in [0.3, 0.4) is 0 Å². The van der Waals surface area contributed by atoms with Crippen LogP contribution in [0.4, 0.5) is 0 Å². The molecule has 0 atom stereocenters. The van der Waals surface area contributed by atoms with E-state index in [1.807, 2.05) is 52.0 Å². The summed E-state index contributed by atoms with van der Waals surface area (Å²) in [5.41, 5.74) is 6.54. The predicted molar refractivity (Wildman–Crippen MR) is 110 cm³/mol. The molecule has 0 saturated carbocycles. The molecular weight excluding hydrogens is 451 g/mol. The van der Waals surface area contributed by atoms with Crippen LogP contribution in [0.2, 0.25) is 0 Å². The maximum atomic E-state index is 5.18. The number of hydrogen-bond acceptors (Lipinski definition) is 8. The predicted octanol–water partition coefficient (Wildman–Crippen LogP) is 4.52. The summed E-state index contributed by atoms with van der Waals surface area (Å²) in [4.78, 5) is 0. The fraction of sp³-hybridized carbons (Fsp3) is 0.200. The molecule has 0 aliphatic heterocycles. The third-order valence-corrected chi connectivity index (χ3v) is 4.37. The quantitative estimate of drug-likeness (QED) is 0.397. The third-order valence-electron chi connectivity index (χ3n) is 4.04. The Kier molecular flexibility index (Phi) is 7.85. The molecule has 2 aromatic carbocycles. The Morgan fingerprint density at radius 3 is 1.28 bits per heavy atom. The molecule has 1 radical (unpaired) electrons. The van der Waals surface area contributed by atoms with Crippen molar-refractivity contribution in [2.45, 2.75) is 38.1 Å². The van der Waals surface area contributed by atoms with E-state index in [0.717, 1.165) is 22.3 Å². The average molecular weight is 469 g/mol. The zero-order chi connectivity index (χ0) is 20.3. The van der Waals surface area contributed by atoms with Crippen LogP contribution in [0, 0.1) is 27.7 Å². The van der Waals surface area contributed by atoms with Gasteiger partial charge < -0.3 is 34.1 Å². The van der Waals surface area contributed by atoms with E-state index in [-0.39, 0.29) is 27.2 Å². The number of benzene rings is 2. The van der Waals surface area contributed by atoms with Crippen LogP contribution in [-0.4, -0.2) is 20.4 Å². The summed E-state index contributed by atoms with van der Waals surface area (Å²) >= 11 is 9.52. The minimum atomic E-state index is 0. The molecule has 0 amide bonds. The van der Waals surface area contributed by atoms with Crippen molar-refractivity contribution in [1.29, 1.82) is 0 Å². The maximum Gasteiger partial charge on any atom is 2.00 e. The molecule has 29 heavy (non-hydrogen) atoms. The van der Waals surface area contributed by atoms with Gasteiger partial charge in [-0.15, -0.1) is 20.4 Å². The summed E-state index contributed by atoms with van der Waals surface area (Å²) in [6, 6.07) is 12.1. The largest absolute Gasteiger partial charge is 2.00 e. The zero-order valence-electron chi connectivity index (χ0n) is 16.2. The molecule has 4 aromatic rings. The molecule has 9 heteroatoms. The van der Waals surface area contributed by atoms with E-state index < -0.39 is 0 Å². The van der Waals surface area contributed by atoms with Gasteiger partial charge in [0.15, 0.2) is 0 Å². The second kappa shape index (κ2) is 9.93. The van der Waals surface area contributed by atoms with Crippen molar-refractivity contribution in [2.75, 3.05) is 0 Å². The summed E-state index contributed by atoms with van der Waals surface area (Å²) in [5, 5.41) is 15.4. The van der Waals surface area contributed by atoms with E-state index >= 15 is 0 Å². The van der Waals surface area contributed by atoms with Crippen LogP contribution in [0.25, 0.3) is 22.9 Å². The van der Waals surface area contributed by atoms with Gasteiger partial charge in [-0.3, -0.25) is 0 Å². The van der Waals surface area contributed by atoms with Crippen molar-refractivity contribution in [3.63, 3.8) is 0 Å². The van der Waals surface area contributed by atoms with Crippen LogP contribution >= 0.6 is 0 Å². The molecule has 0 N–H and O–H groups in total. The van der Waals surface area contributed by atoms with Gasteiger partial charge in [0.05, 0.1) is 10.4 Å². The number of aryl methyl sites for hydroxylation is 4. The van der Waals surface area contributed by atoms with Crippen LogP contribution in [0.15, 0.2) is 55.7 Å². The summed E-state index contributed by atoms with van der Waals surface area (Å²) in [6.07, 6.45) is 0. The fourth-order valence-electron chi connectivity index (χ4n) is 2.74. The van der Waals surface area contributed by atoms with Crippen LogP contribution in [-0.2, 0) is 42.0 Å². The molecular formula is C20H18CoN4O2S2. The zero-order valence-corrected chi connectivity index (χ0v) is 18.9. The fourth-order valence-corrected chi connectivity index (χ4v) is 2.98.